The van der Waals surface area contributed by atoms with Crippen molar-refractivity contribution in [1.29, 1.82) is 0 Å². The first-order valence-corrected chi connectivity index (χ1v) is 5.60. The predicted octanol–water partition coefficient (Wildman–Crippen LogP) is 3.01. The number of benzene rings is 1. The molecule has 3 N–H and O–H groups in total. The first-order valence-electron chi connectivity index (χ1n) is 5.60. The third-order valence-corrected chi connectivity index (χ3v) is 3.13. The van der Waals surface area contributed by atoms with Crippen LogP contribution in [0.2, 0.25) is 0 Å². The Balaban J connectivity index is 2.55. The molecule has 0 aliphatic heterocycles. The van der Waals surface area contributed by atoms with Crippen molar-refractivity contribution in [2.45, 2.75) is 19.8 Å². The van der Waals surface area contributed by atoms with E-state index in [2.05, 4.69) is 18.8 Å². The monoisotopic (exact) mass is 220 g/mol. The van der Waals surface area contributed by atoms with Gasteiger partial charge < -0.3 is 10.7 Å². The second kappa shape index (κ2) is 4.26. The molecule has 0 aliphatic rings. The van der Waals surface area contributed by atoms with Gasteiger partial charge in [-0.1, -0.05) is 13.8 Å². The maximum Gasteiger partial charge on any atom is 0.123 e. The van der Waals surface area contributed by atoms with E-state index < -0.39 is 0 Å². The van der Waals surface area contributed by atoms with Gasteiger partial charge in [0.05, 0.1) is 0 Å². The number of fused-ring (bicyclic) bond motifs is 1. The Morgan fingerprint density at radius 3 is 2.75 bits per heavy atom. The van der Waals surface area contributed by atoms with Crippen LogP contribution < -0.4 is 5.73 Å². The Labute approximate surface area is 94.7 Å². The summed E-state index contributed by atoms with van der Waals surface area (Å²) in [5.41, 5.74) is 7.87. The van der Waals surface area contributed by atoms with Crippen molar-refractivity contribution in [1.82, 2.24) is 4.98 Å². The van der Waals surface area contributed by atoms with Gasteiger partial charge in [0.2, 0.25) is 0 Å². The van der Waals surface area contributed by atoms with Crippen LogP contribution in [0.25, 0.3) is 10.9 Å². The van der Waals surface area contributed by atoms with Gasteiger partial charge in [-0.2, -0.15) is 0 Å². The summed E-state index contributed by atoms with van der Waals surface area (Å²) < 4.78 is 13.2. The molecule has 1 aromatic carbocycles. The van der Waals surface area contributed by atoms with Crippen LogP contribution in [-0.4, -0.2) is 11.5 Å². The van der Waals surface area contributed by atoms with Crippen molar-refractivity contribution in [3.8, 4) is 0 Å². The first kappa shape index (κ1) is 11.1. The predicted molar refractivity (Wildman–Crippen MR) is 64.9 cm³/mol. The molecule has 3 heteroatoms. The fourth-order valence-corrected chi connectivity index (χ4v) is 2.18. The van der Waals surface area contributed by atoms with Crippen LogP contribution in [0.15, 0.2) is 24.4 Å². The normalized spacial score (nSPS) is 13.6. The van der Waals surface area contributed by atoms with Gasteiger partial charge in [-0.05, 0) is 36.2 Å². The summed E-state index contributed by atoms with van der Waals surface area (Å²) in [6, 6.07) is 4.81. The molecule has 0 bridgehead atoms. The molecule has 0 saturated heterocycles. The molecule has 0 saturated carbocycles. The molecule has 1 unspecified atom stereocenters. The van der Waals surface area contributed by atoms with E-state index in [0.29, 0.717) is 12.5 Å². The zero-order chi connectivity index (χ0) is 11.7. The maximum absolute atomic E-state index is 13.2. The van der Waals surface area contributed by atoms with Gasteiger partial charge in [0.15, 0.2) is 0 Å². The largest absolute Gasteiger partial charge is 0.361 e. The zero-order valence-corrected chi connectivity index (χ0v) is 9.63. The standard InChI is InChI=1S/C13H17FN2/c1-8(2)11(6-15)12-7-16-13-4-3-9(14)5-10(12)13/h3-5,7-8,11,16H,6,15H2,1-2H3. The molecule has 1 heterocycles. The number of aromatic nitrogens is 1. The summed E-state index contributed by atoms with van der Waals surface area (Å²) in [5, 5.41) is 0.948. The fraction of sp³-hybridized carbons (Fsp3) is 0.385. The number of hydrogen-bond acceptors (Lipinski definition) is 1. The van der Waals surface area contributed by atoms with Gasteiger partial charge in [0, 0.05) is 23.0 Å². The zero-order valence-electron chi connectivity index (χ0n) is 9.63. The highest BCUT2D eigenvalue weighted by Gasteiger charge is 2.17. The van der Waals surface area contributed by atoms with Crippen molar-refractivity contribution < 1.29 is 4.39 Å². The van der Waals surface area contributed by atoms with Gasteiger partial charge in [-0.25, -0.2) is 4.39 Å². The van der Waals surface area contributed by atoms with Crippen molar-refractivity contribution in [3.63, 3.8) is 0 Å². The first-order chi connectivity index (χ1) is 7.63. The number of nitrogens with one attached hydrogen (secondary N) is 1. The van der Waals surface area contributed by atoms with Crippen LogP contribution in [0.1, 0.15) is 25.3 Å². The van der Waals surface area contributed by atoms with Gasteiger partial charge >= 0.3 is 0 Å². The molecular weight excluding hydrogens is 203 g/mol. The summed E-state index contributed by atoms with van der Waals surface area (Å²) in [6.07, 6.45) is 1.95. The molecule has 0 amide bonds. The SMILES string of the molecule is CC(C)C(CN)c1c[nH]c2ccc(F)cc12. The average molecular weight is 220 g/mol. The number of hydrogen-bond donors (Lipinski definition) is 2. The lowest BCUT2D eigenvalue weighted by Gasteiger charge is -2.18. The lowest BCUT2D eigenvalue weighted by molar-refractivity contribution is 0.509. The highest BCUT2D eigenvalue weighted by atomic mass is 19.1. The topological polar surface area (TPSA) is 41.8 Å². The van der Waals surface area contributed by atoms with Gasteiger partial charge in [-0.15, -0.1) is 0 Å². The Morgan fingerprint density at radius 2 is 2.12 bits per heavy atom. The second-order valence-electron chi connectivity index (χ2n) is 4.52. The molecule has 16 heavy (non-hydrogen) atoms. The van der Waals surface area contributed by atoms with E-state index in [0.717, 1.165) is 16.5 Å². The minimum absolute atomic E-state index is 0.201. The van der Waals surface area contributed by atoms with Crippen LogP contribution in [0.5, 0.6) is 0 Å². The van der Waals surface area contributed by atoms with E-state index in [9.17, 15) is 4.39 Å². The van der Waals surface area contributed by atoms with Crippen molar-refractivity contribution in [2.24, 2.45) is 11.7 Å². The number of rotatable bonds is 3. The Kier molecular flexibility index (Phi) is 2.97. The summed E-state index contributed by atoms with van der Waals surface area (Å²) >= 11 is 0. The van der Waals surface area contributed by atoms with E-state index in [1.165, 1.54) is 6.07 Å². The molecule has 0 spiro atoms. The highest BCUT2D eigenvalue weighted by Crippen LogP contribution is 2.30. The van der Waals surface area contributed by atoms with E-state index in [-0.39, 0.29) is 11.7 Å². The molecule has 0 fully saturated rings. The van der Waals surface area contributed by atoms with E-state index >= 15 is 0 Å². The van der Waals surface area contributed by atoms with E-state index in [4.69, 9.17) is 5.73 Å². The number of halogens is 1. The van der Waals surface area contributed by atoms with Crippen LogP contribution in [-0.2, 0) is 0 Å². The lowest BCUT2D eigenvalue weighted by Crippen LogP contribution is -2.17. The van der Waals surface area contributed by atoms with Crippen LogP contribution >= 0.6 is 0 Å². The Bertz CT molecular complexity index is 488. The molecule has 1 aromatic heterocycles. The van der Waals surface area contributed by atoms with Crippen molar-refractivity contribution >= 4 is 10.9 Å². The highest BCUT2D eigenvalue weighted by molar-refractivity contribution is 5.83. The number of H-pyrrole nitrogens is 1. The summed E-state index contributed by atoms with van der Waals surface area (Å²) in [7, 11) is 0. The number of nitrogens with two attached hydrogens (primary N) is 1. The maximum atomic E-state index is 13.2. The summed E-state index contributed by atoms with van der Waals surface area (Å²) in [6.45, 7) is 4.85. The van der Waals surface area contributed by atoms with Crippen molar-refractivity contribution in [3.05, 3.63) is 35.8 Å². The van der Waals surface area contributed by atoms with Crippen LogP contribution in [0, 0.1) is 11.7 Å². The Hall–Kier alpha value is -1.35. The third-order valence-electron chi connectivity index (χ3n) is 3.13. The molecule has 86 valence electrons. The summed E-state index contributed by atoms with van der Waals surface area (Å²) in [5.74, 6) is 0.524. The second-order valence-corrected chi connectivity index (χ2v) is 4.52. The van der Waals surface area contributed by atoms with Gasteiger partial charge in [-0.3, -0.25) is 0 Å². The van der Waals surface area contributed by atoms with Crippen LogP contribution in [0.4, 0.5) is 4.39 Å². The molecule has 0 aliphatic carbocycles. The van der Waals surface area contributed by atoms with Gasteiger partial charge in [0.1, 0.15) is 5.82 Å². The van der Waals surface area contributed by atoms with Crippen molar-refractivity contribution in [2.75, 3.05) is 6.54 Å². The number of aromatic amines is 1. The molecular formula is C13H17FN2. The Morgan fingerprint density at radius 1 is 1.38 bits per heavy atom. The molecule has 2 nitrogen and oxygen atoms in total. The minimum atomic E-state index is -0.201. The fourth-order valence-electron chi connectivity index (χ4n) is 2.18. The molecule has 1 atom stereocenters. The molecule has 0 radical (unpaired) electrons. The third kappa shape index (κ3) is 1.83. The summed E-state index contributed by atoms with van der Waals surface area (Å²) in [4.78, 5) is 3.16. The smallest absolute Gasteiger partial charge is 0.123 e. The lowest BCUT2D eigenvalue weighted by atomic mass is 9.88. The average Bonchev–Trinajstić information content (AvgIpc) is 2.62. The minimum Gasteiger partial charge on any atom is -0.361 e. The van der Waals surface area contributed by atoms with Gasteiger partial charge in [0.25, 0.3) is 0 Å². The van der Waals surface area contributed by atoms with E-state index in [1.54, 1.807) is 12.1 Å². The molecule has 2 rings (SSSR count). The quantitative estimate of drug-likeness (QED) is 0.820. The van der Waals surface area contributed by atoms with E-state index in [1.807, 2.05) is 6.20 Å². The van der Waals surface area contributed by atoms with Crippen LogP contribution in [0.3, 0.4) is 0 Å². The molecule has 2 aromatic rings.